The van der Waals surface area contributed by atoms with Gasteiger partial charge in [0.05, 0.1) is 25.5 Å². The van der Waals surface area contributed by atoms with E-state index in [9.17, 15) is 23.2 Å². The Balaban J connectivity index is 1.36. The molecule has 12 nitrogen and oxygen atoms in total. The van der Waals surface area contributed by atoms with E-state index in [1.54, 1.807) is 23.1 Å². The highest BCUT2D eigenvalue weighted by atomic mass is 19.3. The number of anilines is 4. The van der Waals surface area contributed by atoms with Gasteiger partial charge in [-0.05, 0) is 50.3 Å². The van der Waals surface area contributed by atoms with Gasteiger partial charge >= 0.3 is 12.0 Å². The van der Waals surface area contributed by atoms with Gasteiger partial charge in [-0.2, -0.15) is 13.8 Å². The highest BCUT2D eigenvalue weighted by Gasteiger charge is 2.49. The van der Waals surface area contributed by atoms with E-state index in [1.165, 1.54) is 25.3 Å². The first kappa shape index (κ1) is 27.3. The van der Waals surface area contributed by atoms with E-state index in [0.717, 1.165) is 24.2 Å². The fraction of sp³-hybridized carbons (Fsp3) is 0.500. The number of rotatable bonds is 6. The molecule has 0 atom stereocenters. The molecule has 1 saturated carbocycles. The maximum atomic E-state index is 14.7. The summed E-state index contributed by atoms with van der Waals surface area (Å²) in [5.41, 5.74) is 1.06. The predicted octanol–water partition coefficient (Wildman–Crippen LogP) is 3.07. The number of hydrogen-bond acceptors (Lipinski definition) is 8. The lowest BCUT2D eigenvalue weighted by atomic mass is 9.91. The number of benzene rings is 1. The molecule has 40 heavy (non-hydrogen) atoms. The number of alkyl halides is 2. The van der Waals surface area contributed by atoms with Crippen LogP contribution in [0.4, 0.5) is 36.7 Å². The summed E-state index contributed by atoms with van der Waals surface area (Å²) >= 11 is 0. The van der Waals surface area contributed by atoms with Crippen LogP contribution in [0.5, 0.6) is 5.75 Å². The second kappa shape index (κ2) is 10.7. The van der Waals surface area contributed by atoms with Crippen LogP contribution in [0.2, 0.25) is 0 Å². The van der Waals surface area contributed by atoms with Crippen LogP contribution in [-0.4, -0.2) is 89.7 Å². The molecule has 5 rings (SSSR count). The average Bonchev–Trinajstić information content (AvgIpc) is 2.96. The van der Waals surface area contributed by atoms with E-state index >= 15 is 0 Å². The number of hydrogen-bond donors (Lipinski definition) is 3. The summed E-state index contributed by atoms with van der Waals surface area (Å²) in [5, 5.41) is 14.4. The van der Waals surface area contributed by atoms with Crippen molar-refractivity contribution >= 4 is 41.0 Å². The van der Waals surface area contributed by atoms with Gasteiger partial charge in [0.1, 0.15) is 11.4 Å². The maximum Gasteiger partial charge on any atom is 0.404 e. The second-order valence-electron chi connectivity index (χ2n) is 10.2. The van der Waals surface area contributed by atoms with E-state index in [2.05, 4.69) is 20.6 Å². The number of carboxylic acid groups (broad SMARTS) is 1. The Morgan fingerprint density at radius 2 is 1.90 bits per heavy atom. The van der Waals surface area contributed by atoms with Gasteiger partial charge in [0, 0.05) is 37.8 Å². The summed E-state index contributed by atoms with van der Waals surface area (Å²) in [6.07, 6.45) is 3.70. The monoisotopic (exact) mass is 559 g/mol. The number of halogens is 2. The number of fused-ring (bicyclic) bond motifs is 1. The Hall–Kier alpha value is -4.23. The Morgan fingerprint density at radius 1 is 1.18 bits per heavy atom. The molecule has 3 amide bonds. The molecule has 1 aromatic heterocycles. The topological polar surface area (TPSA) is 140 Å². The van der Waals surface area contributed by atoms with Gasteiger partial charge in [-0.15, -0.1) is 0 Å². The summed E-state index contributed by atoms with van der Waals surface area (Å²) in [6.45, 7) is 0.0825. The van der Waals surface area contributed by atoms with Crippen LogP contribution in [0.1, 0.15) is 42.5 Å². The van der Waals surface area contributed by atoms with E-state index in [0.29, 0.717) is 42.9 Å². The fourth-order valence-electron chi connectivity index (χ4n) is 5.22. The van der Waals surface area contributed by atoms with Crippen molar-refractivity contribution in [2.45, 2.75) is 50.1 Å². The Kier molecular flexibility index (Phi) is 7.34. The number of carbonyl (C=O) groups is 3. The number of amides is 3. The lowest BCUT2D eigenvalue weighted by Crippen LogP contribution is -2.50. The number of nitrogens with zero attached hydrogens (tertiary/aromatic N) is 5. The first-order valence-electron chi connectivity index (χ1n) is 13.1. The molecule has 0 radical (unpaired) electrons. The summed E-state index contributed by atoms with van der Waals surface area (Å²) in [7, 11) is 2.75. The van der Waals surface area contributed by atoms with Gasteiger partial charge in [-0.3, -0.25) is 9.59 Å². The van der Waals surface area contributed by atoms with Crippen LogP contribution in [0.15, 0.2) is 24.4 Å². The number of aromatic nitrogens is 2. The summed E-state index contributed by atoms with van der Waals surface area (Å²) in [5.74, 6) is -4.34. The van der Waals surface area contributed by atoms with Crippen molar-refractivity contribution in [2.24, 2.45) is 0 Å². The third kappa shape index (κ3) is 5.29. The summed E-state index contributed by atoms with van der Waals surface area (Å²) in [4.78, 5) is 49.3. The molecule has 3 aliphatic rings. The Labute approximate surface area is 229 Å². The first-order chi connectivity index (χ1) is 19.1. The smallest absolute Gasteiger partial charge is 0.404 e. The summed E-state index contributed by atoms with van der Waals surface area (Å²) in [6, 6.07) is 4.53. The van der Waals surface area contributed by atoms with Gasteiger partial charge in [-0.1, -0.05) is 0 Å². The van der Waals surface area contributed by atoms with Gasteiger partial charge in [0.25, 0.3) is 11.8 Å². The molecule has 0 unspecified atom stereocenters. The molecule has 1 saturated heterocycles. The van der Waals surface area contributed by atoms with Crippen molar-refractivity contribution in [3.05, 3.63) is 30.0 Å². The van der Waals surface area contributed by atoms with Crippen LogP contribution in [-0.2, 0) is 4.79 Å². The molecule has 2 fully saturated rings. The maximum absolute atomic E-state index is 14.7. The van der Waals surface area contributed by atoms with Crippen molar-refractivity contribution in [1.82, 2.24) is 20.2 Å². The minimum absolute atomic E-state index is 0.125. The van der Waals surface area contributed by atoms with E-state index < -0.39 is 24.5 Å². The predicted molar refractivity (Wildman–Crippen MR) is 142 cm³/mol. The standard InChI is InChI=1S/C26H31F2N7O5/c1-33-19-13-29-24(32-21(19)35(17-4-3-5-17)14-26(27,28)23(33)37)31-18-7-6-15(12-20(18)40-2)22(36)34-10-8-16(9-11-34)30-25(38)39/h6-7,12-13,16-17,30H,3-5,8-11,14H2,1-2H3,(H,38,39)(H,29,31,32). The molecule has 0 bridgehead atoms. The lowest BCUT2D eigenvalue weighted by Gasteiger charge is -2.38. The number of carbonyl (C=O) groups excluding carboxylic acids is 2. The minimum atomic E-state index is -3.56. The average molecular weight is 560 g/mol. The zero-order chi connectivity index (χ0) is 28.6. The lowest BCUT2D eigenvalue weighted by molar-refractivity contribution is -0.140. The van der Waals surface area contributed by atoms with E-state index in [4.69, 9.17) is 9.84 Å². The molecule has 1 aliphatic carbocycles. The minimum Gasteiger partial charge on any atom is -0.495 e. The first-order valence-corrected chi connectivity index (χ1v) is 13.1. The van der Waals surface area contributed by atoms with Gasteiger partial charge in [0.15, 0.2) is 5.82 Å². The van der Waals surface area contributed by atoms with Crippen LogP contribution in [0.3, 0.4) is 0 Å². The molecule has 1 aromatic carbocycles. The summed E-state index contributed by atoms with van der Waals surface area (Å²) < 4.78 is 35.0. The fourth-order valence-corrected chi connectivity index (χ4v) is 5.22. The van der Waals surface area contributed by atoms with Crippen LogP contribution >= 0.6 is 0 Å². The third-order valence-corrected chi connectivity index (χ3v) is 7.69. The van der Waals surface area contributed by atoms with Crippen LogP contribution in [0, 0.1) is 0 Å². The van der Waals surface area contributed by atoms with Gasteiger partial charge in [0.2, 0.25) is 5.95 Å². The zero-order valence-corrected chi connectivity index (χ0v) is 22.2. The van der Waals surface area contributed by atoms with Crippen molar-refractivity contribution in [3.63, 3.8) is 0 Å². The van der Waals surface area contributed by atoms with Crippen LogP contribution < -0.4 is 25.2 Å². The quantitative estimate of drug-likeness (QED) is 0.487. The van der Waals surface area contributed by atoms with Crippen LogP contribution in [0.25, 0.3) is 0 Å². The number of piperidine rings is 1. The molecular formula is C26H31F2N7O5. The molecule has 14 heteroatoms. The number of ether oxygens (including phenoxy) is 1. The third-order valence-electron chi connectivity index (χ3n) is 7.69. The molecular weight excluding hydrogens is 528 g/mol. The van der Waals surface area contributed by atoms with E-state index in [-0.39, 0.29) is 35.4 Å². The van der Waals surface area contributed by atoms with Gasteiger partial charge < -0.3 is 35.2 Å². The second-order valence-corrected chi connectivity index (χ2v) is 10.2. The number of methoxy groups -OCH3 is 1. The van der Waals surface area contributed by atoms with Gasteiger partial charge in [-0.25, -0.2) is 9.78 Å². The highest BCUT2D eigenvalue weighted by Crippen LogP contribution is 2.40. The van der Waals surface area contributed by atoms with Crippen molar-refractivity contribution < 1.29 is 33.0 Å². The number of nitrogens with one attached hydrogen (secondary N) is 2. The van der Waals surface area contributed by atoms with Crippen molar-refractivity contribution in [1.29, 1.82) is 0 Å². The number of likely N-dealkylation sites (tertiary alicyclic amines) is 1. The Morgan fingerprint density at radius 3 is 2.52 bits per heavy atom. The Bertz CT molecular complexity index is 1310. The van der Waals surface area contributed by atoms with Crippen molar-refractivity contribution in [2.75, 3.05) is 48.9 Å². The van der Waals surface area contributed by atoms with E-state index in [1.807, 2.05) is 0 Å². The molecule has 3 N–H and O–H groups in total. The molecule has 3 heterocycles. The molecule has 214 valence electrons. The molecule has 0 spiro atoms. The normalized spacial score (nSPS) is 19.4. The molecule has 2 aromatic rings. The highest BCUT2D eigenvalue weighted by molar-refractivity contribution is 6.02. The van der Waals surface area contributed by atoms with Crippen molar-refractivity contribution in [3.8, 4) is 5.75 Å². The zero-order valence-electron chi connectivity index (χ0n) is 22.2. The molecule has 2 aliphatic heterocycles. The largest absolute Gasteiger partial charge is 0.495 e. The SMILES string of the molecule is COc1cc(C(=O)N2CCC(NC(=O)O)CC2)ccc1Nc1ncc2c(n1)N(C1CCC1)CC(F)(F)C(=O)N2C.